The van der Waals surface area contributed by atoms with Gasteiger partial charge in [-0.25, -0.2) is 0 Å². The minimum Gasteiger partial charge on any atom is -0.370 e. The number of hydrogen-bond donors (Lipinski definition) is 0. The number of likely N-dealkylation sites (N-methyl/N-ethyl adjacent to an activating group) is 2. The highest BCUT2D eigenvalue weighted by Crippen LogP contribution is 2.59. The third-order valence-corrected chi connectivity index (χ3v) is 5.47. The van der Waals surface area contributed by atoms with Crippen molar-refractivity contribution in [3.8, 4) is 0 Å². The van der Waals surface area contributed by atoms with E-state index in [0.717, 1.165) is 30.8 Å². The van der Waals surface area contributed by atoms with E-state index in [2.05, 4.69) is 69.6 Å². The molecule has 0 saturated heterocycles. The lowest BCUT2D eigenvalue weighted by atomic mass is 9.72. The van der Waals surface area contributed by atoms with Crippen molar-refractivity contribution in [2.24, 2.45) is 29.1 Å². The molecule has 21 heavy (non-hydrogen) atoms. The number of hydrogen-bond acceptors (Lipinski definition) is 2. The van der Waals surface area contributed by atoms with Gasteiger partial charge >= 0.3 is 0 Å². The van der Waals surface area contributed by atoms with Gasteiger partial charge in [0.05, 0.1) is 5.70 Å². The minimum absolute atomic E-state index is 0.241. The second kappa shape index (κ2) is 5.04. The number of nitrogens with zero attached hydrogens (tertiary/aromatic N) is 2. The number of rotatable bonds is 4. The minimum atomic E-state index is 0.241. The molecule has 2 nitrogen and oxygen atoms in total. The third-order valence-electron chi connectivity index (χ3n) is 5.47. The summed E-state index contributed by atoms with van der Waals surface area (Å²) in [6.07, 6.45) is 6.31. The van der Waals surface area contributed by atoms with E-state index in [1.54, 1.807) is 5.57 Å². The van der Waals surface area contributed by atoms with E-state index in [4.69, 9.17) is 0 Å². The maximum atomic E-state index is 3.86. The molecular formula is C19H30N2. The Morgan fingerprint density at radius 3 is 2.24 bits per heavy atom. The lowest BCUT2D eigenvalue weighted by Crippen LogP contribution is -2.33. The van der Waals surface area contributed by atoms with Gasteiger partial charge in [0, 0.05) is 32.0 Å². The SMILES string of the molecule is CN(C)CCN(C)C1=C=C(C(C)(C)C)[C@@H]2C3C=CC(C3)[C@H]12. The zero-order valence-corrected chi connectivity index (χ0v) is 14.5. The van der Waals surface area contributed by atoms with Crippen molar-refractivity contribution in [3.63, 3.8) is 0 Å². The summed E-state index contributed by atoms with van der Waals surface area (Å²) in [7, 11) is 6.55. The lowest BCUT2D eigenvalue weighted by molar-refractivity contribution is 0.268. The Hall–Kier alpha value is -0.980. The van der Waals surface area contributed by atoms with Crippen molar-refractivity contribution in [2.45, 2.75) is 27.2 Å². The van der Waals surface area contributed by atoms with E-state index >= 15 is 0 Å². The van der Waals surface area contributed by atoms with Crippen LogP contribution in [0.15, 0.2) is 29.2 Å². The quantitative estimate of drug-likeness (QED) is 0.577. The molecule has 3 aliphatic rings. The first kappa shape index (κ1) is 14.9. The fourth-order valence-electron chi connectivity index (χ4n) is 4.40. The molecule has 1 fully saturated rings. The Labute approximate surface area is 130 Å². The summed E-state index contributed by atoms with van der Waals surface area (Å²) in [5.41, 5.74) is 7.14. The summed E-state index contributed by atoms with van der Waals surface area (Å²) in [6, 6.07) is 0. The second-order valence-corrected chi connectivity index (χ2v) is 8.40. The zero-order valence-electron chi connectivity index (χ0n) is 14.5. The maximum Gasteiger partial charge on any atom is 0.0605 e. The molecule has 2 heteroatoms. The number of fused-ring (bicyclic) bond motifs is 5. The molecule has 0 aromatic rings. The summed E-state index contributed by atoms with van der Waals surface area (Å²) >= 11 is 0. The van der Waals surface area contributed by atoms with E-state index in [0.29, 0.717) is 5.92 Å². The molecule has 0 spiro atoms. The summed E-state index contributed by atoms with van der Waals surface area (Å²) in [5.74, 6) is 2.93. The van der Waals surface area contributed by atoms with Gasteiger partial charge in [-0.15, -0.1) is 0 Å². The van der Waals surface area contributed by atoms with Gasteiger partial charge in [-0.2, -0.15) is 0 Å². The van der Waals surface area contributed by atoms with Gasteiger partial charge < -0.3 is 9.80 Å². The van der Waals surface area contributed by atoms with Gasteiger partial charge in [0.1, 0.15) is 0 Å². The van der Waals surface area contributed by atoms with Gasteiger partial charge in [-0.1, -0.05) is 38.7 Å². The molecule has 0 heterocycles. The standard InChI is InChI=1S/C19H30N2/c1-19(2,3)15-12-16(21(6)10-9-20(4)5)18-14-8-7-13(11-14)17(15)18/h7-8,13-14,17-18H,9-11H2,1-6H3/t13?,14?,17-,18+/m0/s1. The van der Waals surface area contributed by atoms with Crippen LogP contribution in [0.5, 0.6) is 0 Å². The normalized spacial score (nSPS) is 33.5. The molecular weight excluding hydrogens is 256 g/mol. The molecule has 2 bridgehead atoms. The largest absolute Gasteiger partial charge is 0.370 e. The van der Waals surface area contributed by atoms with Crippen molar-refractivity contribution >= 4 is 0 Å². The number of allylic oxidation sites excluding steroid dienone is 3. The van der Waals surface area contributed by atoms with Crippen molar-refractivity contribution in [1.82, 2.24) is 9.80 Å². The van der Waals surface area contributed by atoms with Crippen LogP contribution in [-0.2, 0) is 0 Å². The smallest absolute Gasteiger partial charge is 0.0605 e. The Bertz CT molecular complexity index is 514. The first-order chi connectivity index (χ1) is 9.79. The molecule has 116 valence electrons. The van der Waals surface area contributed by atoms with Crippen LogP contribution in [-0.4, -0.2) is 44.0 Å². The molecule has 4 atom stereocenters. The Morgan fingerprint density at radius 2 is 1.67 bits per heavy atom. The van der Waals surface area contributed by atoms with E-state index in [-0.39, 0.29) is 5.41 Å². The van der Waals surface area contributed by atoms with E-state index in [1.165, 1.54) is 12.1 Å². The molecule has 0 radical (unpaired) electrons. The van der Waals surface area contributed by atoms with Crippen LogP contribution >= 0.6 is 0 Å². The summed E-state index contributed by atoms with van der Waals surface area (Å²) in [4.78, 5) is 4.73. The lowest BCUT2D eigenvalue weighted by Gasteiger charge is -2.33. The van der Waals surface area contributed by atoms with Crippen molar-refractivity contribution in [3.05, 3.63) is 29.2 Å². The van der Waals surface area contributed by atoms with Crippen molar-refractivity contribution < 1.29 is 0 Å². The van der Waals surface area contributed by atoms with E-state index in [1.807, 2.05) is 0 Å². The van der Waals surface area contributed by atoms with Crippen LogP contribution in [0.25, 0.3) is 0 Å². The first-order valence-corrected chi connectivity index (χ1v) is 8.34. The summed E-state index contributed by atoms with van der Waals surface area (Å²) < 4.78 is 0. The van der Waals surface area contributed by atoms with Gasteiger partial charge in [0.15, 0.2) is 0 Å². The van der Waals surface area contributed by atoms with E-state index < -0.39 is 0 Å². The molecule has 0 amide bonds. The molecule has 3 rings (SSSR count). The Morgan fingerprint density at radius 1 is 1.05 bits per heavy atom. The monoisotopic (exact) mass is 286 g/mol. The summed E-state index contributed by atoms with van der Waals surface area (Å²) in [6.45, 7) is 9.26. The highest BCUT2D eigenvalue weighted by atomic mass is 15.2. The summed E-state index contributed by atoms with van der Waals surface area (Å²) in [5, 5.41) is 0. The molecule has 3 aliphatic carbocycles. The van der Waals surface area contributed by atoms with Crippen LogP contribution < -0.4 is 0 Å². The van der Waals surface area contributed by atoms with Gasteiger partial charge in [0.2, 0.25) is 0 Å². The van der Waals surface area contributed by atoms with Crippen LogP contribution in [0.4, 0.5) is 0 Å². The van der Waals surface area contributed by atoms with Crippen LogP contribution in [0.1, 0.15) is 27.2 Å². The average Bonchev–Trinajstić information content (AvgIpc) is 3.05. The fourth-order valence-corrected chi connectivity index (χ4v) is 4.40. The van der Waals surface area contributed by atoms with Crippen LogP contribution in [0, 0.1) is 29.1 Å². The third kappa shape index (κ3) is 2.49. The average molecular weight is 286 g/mol. The van der Waals surface area contributed by atoms with Crippen LogP contribution in [0.3, 0.4) is 0 Å². The molecule has 1 saturated carbocycles. The highest BCUT2D eigenvalue weighted by Gasteiger charge is 2.52. The predicted octanol–water partition coefficient (Wildman–Crippen LogP) is 3.39. The molecule has 0 aromatic carbocycles. The van der Waals surface area contributed by atoms with Gasteiger partial charge in [-0.05, 0) is 43.3 Å². The Kier molecular flexibility index (Phi) is 3.58. The van der Waals surface area contributed by atoms with Crippen LogP contribution in [0.2, 0.25) is 0 Å². The topological polar surface area (TPSA) is 6.48 Å². The molecule has 2 unspecified atom stereocenters. The maximum absolute atomic E-state index is 3.86. The van der Waals surface area contributed by atoms with Crippen molar-refractivity contribution in [1.29, 1.82) is 0 Å². The van der Waals surface area contributed by atoms with Gasteiger partial charge in [0.25, 0.3) is 0 Å². The second-order valence-electron chi connectivity index (χ2n) is 8.40. The molecule has 0 N–H and O–H groups in total. The molecule has 0 aliphatic heterocycles. The van der Waals surface area contributed by atoms with E-state index in [9.17, 15) is 0 Å². The highest BCUT2D eigenvalue weighted by molar-refractivity contribution is 5.37. The van der Waals surface area contributed by atoms with Gasteiger partial charge in [-0.3, -0.25) is 0 Å². The molecule has 0 aromatic heterocycles. The Balaban J connectivity index is 1.89. The predicted molar refractivity (Wildman–Crippen MR) is 88.9 cm³/mol. The fraction of sp³-hybridized carbons (Fsp3) is 0.737. The van der Waals surface area contributed by atoms with Crippen molar-refractivity contribution in [2.75, 3.05) is 34.2 Å². The zero-order chi connectivity index (χ0) is 15.4. The first-order valence-electron chi connectivity index (χ1n) is 8.34.